The Kier molecular flexibility index (Phi) is 16.0. The van der Waals surface area contributed by atoms with Crippen LogP contribution in [-0.2, 0) is 9.57 Å². The third-order valence-electron chi connectivity index (χ3n) is 4.33. The SMILES string of the molecule is CCCCCCC(O[N+](=O)[O-])C(OCCC)N(CCCC)CCCC. The summed E-state index contributed by atoms with van der Waals surface area (Å²) in [6, 6.07) is 0. The van der Waals surface area contributed by atoms with E-state index < -0.39 is 11.2 Å². The van der Waals surface area contributed by atoms with Crippen molar-refractivity contribution in [1.82, 2.24) is 4.90 Å². The Bertz CT molecular complexity index is 308. The van der Waals surface area contributed by atoms with Gasteiger partial charge in [-0.05, 0) is 25.7 Å². The Morgan fingerprint density at radius 1 is 0.880 bits per heavy atom. The van der Waals surface area contributed by atoms with E-state index in [1.165, 1.54) is 0 Å². The largest absolute Gasteiger partial charge is 0.361 e. The van der Waals surface area contributed by atoms with Gasteiger partial charge in [0.25, 0.3) is 5.09 Å². The van der Waals surface area contributed by atoms with E-state index in [4.69, 9.17) is 9.57 Å². The summed E-state index contributed by atoms with van der Waals surface area (Å²) in [5, 5.41) is 10.4. The van der Waals surface area contributed by atoms with Crippen LogP contribution in [-0.4, -0.2) is 42.0 Å². The molecular formula is C19H40N2O4. The van der Waals surface area contributed by atoms with Crippen LogP contribution >= 0.6 is 0 Å². The van der Waals surface area contributed by atoms with Gasteiger partial charge in [-0.25, -0.2) is 0 Å². The lowest BCUT2D eigenvalue weighted by Gasteiger charge is -2.36. The standard InChI is InChI=1S/C19H40N2O4/c1-5-9-12-13-14-18(25-21(22)23)19(24-17-8-4)20(15-10-6-2)16-11-7-3/h18-19H,5-17H2,1-4H3. The molecule has 2 atom stereocenters. The molecule has 6 nitrogen and oxygen atoms in total. The molecule has 0 aliphatic carbocycles. The predicted molar refractivity (Wildman–Crippen MR) is 102 cm³/mol. The minimum absolute atomic E-state index is 0.329. The van der Waals surface area contributed by atoms with Gasteiger partial charge in [0.15, 0.2) is 0 Å². The fourth-order valence-electron chi connectivity index (χ4n) is 2.91. The predicted octanol–water partition coefficient (Wildman–Crippen LogP) is 5.19. The quantitative estimate of drug-likeness (QED) is 0.146. The van der Waals surface area contributed by atoms with Crippen LogP contribution < -0.4 is 0 Å². The molecule has 0 N–H and O–H groups in total. The summed E-state index contributed by atoms with van der Waals surface area (Å²) >= 11 is 0. The van der Waals surface area contributed by atoms with Gasteiger partial charge in [-0.15, -0.1) is 10.1 Å². The van der Waals surface area contributed by atoms with Crippen molar-refractivity contribution < 1.29 is 14.7 Å². The number of hydrogen-bond donors (Lipinski definition) is 0. The summed E-state index contributed by atoms with van der Waals surface area (Å²) in [5.41, 5.74) is 0. The molecule has 0 saturated heterocycles. The highest BCUT2D eigenvalue weighted by atomic mass is 17.0. The molecule has 0 rings (SSSR count). The highest BCUT2D eigenvalue weighted by Crippen LogP contribution is 2.19. The van der Waals surface area contributed by atoms with Crippen LogP contribution in [0, 0.1) is 10.1 Å². The fourth-order valence-corrected chi connectivity index (χ4v) is 2.91. The highest BCUT2D eigenvalue weighted by molar-refractivity contribution is 4.73. The van der Waals surface area contributed by atoms with E-state index >= 15 is 0 Å². The molecule has 0 bridgehead atoms. The van der Waals surface area contributed by atoms with Gasteiger partial charge in [0.2, 0.25) is 0 Å². The minimum Gasteiger partial charge on any atom is -0.361 e. The zero-order chi connectivity index (χ0) is 18.9. The van der Waals surface area contributed by atoms with E-state index in [0.29, 0.717) is 13.0 Å². The average molecular weight is 361 g/mol. The summed E-state index contributed by atoms with van der Waals surface area (Å²) < 4.78 is 6.06. The first-order valence-corrected chi connectivity index (χ1v) is 10.3. The van der Waals surface area contributed by atoms with Gasteiger partial charge in [0, 0.05) is 19.7 Å². The summed E-state index contributed by atoms with van der Waals surface area (Å²) in [6.07, 6.45) is 9.38. The van der Waals surface area contributed by atoms with E-state index in [2.05, 4.69) is 32.6 Å². The molecule has 0 aliphatic rings. The normalized spacial score (nSPS) is 13.8. The van der Waals surface area contributed by atoms with Crippen molar-refractivity contribution in [1.29, 1.82) is 0 Å². The zero-order valence-corrected chi connectivity index (χ0v) is 16.9. The second-order valence-electron chi connectivity index (χ2n) is 6.72. The molecule has 25 heavy (non-hydrogen) atoms. The summed E-state index contributed by atoms with van der Waals surface area (Å²) in [6.45, 7) is 10.9. The average Bonchev–Trinajstić information content (AvgIpc) is 2.59. The number of rotatable bonds is 18. The van der Waals surface area contributed by atoms with Crippen LogP contribution in [0.5, 0.6) is 0 Å². The first-order valence-electron chi connectivity index (χ1n) is 10.3. The topological polar surface area (TPSA) is 64.8 Å². The molecule has 150 valence electrons. The van der Waals surface area contributed by atoms with E-state index in [1.54, 1.807) is 0 Å². The first-order chi connectivity index (χ1) is 12.1. The molecule has 0 radical (unpaired) electrons. The van der Waals surface area contributed by atoms with Gasteiger partial charge in [-0.2, -0.15) is 0 Å². The van der Waals surface area contributed by atoms with Crippen LogP contribution in [0.15, 0.2) is 0 Å². The fraction of sp³-hybridized carbons (Fsp3) is 1.00. The molecule has 0 saturated carbocycles. The molecule has 0 aliphatic heterocycles. The van der Waals surface area contributed by atoms with Crippen LogP contribution in [0.4, 0.5) is 0 Å². The van der Waals surface area contributed by atoms with Gasteiger partial charge in [-0.1, -0.05) is 66.2 Å². The maximum Gasteiger partial charge on any atom is 0.294 e. The van der Waals surface area contributed by atoms with Crippen LogP contribution in [0.1, 0.15) is 91.9 Å². The van der Waals surface area contributed by atoms with E-state index in [1.807, 2.05) is 0 Å². The number of unbranched alkanes of at least 4 members (excludes halogenated alkanes) is 5. The van der Waals surface area contributed by atoms with Gasteiger partial charge in [0.05, 0.1) is 0 Å². The van der Waals surface area contributed by atoms with Crippen molar-refractivity contribution in [2.24, 2.45) is 0 Å². The number of ether oxygens (including phenoxy) is 1. The third kappa shape index (κ3) is 12.2. The van der Waals surface area contributed by atoms with Crippen molar-refractivity contribution in [2.45, 2.75) is 104 Å². The van der Waals surface area contributed by atoms with E-state index in [0.717, 1.165) is 70.9 Å². The van der Waals surface area contributed by atoms with E-state index in [9.17, 15) is 10.1 Å². The van der Waals surface area contributed by atoms with Crippen molar-refractivity contribution in [2.75, 3.05) is 19.7 Å². The minimum atomic E-state index is -0.648. The summed E-state index contributed by atoms with van der Waals surface area (Å²) in [7, 11) is 0. The Labute approximate surface area is 154 Å². The van der Waals surface area contributed by atoms with Gasteiger partial charge < -0.3 is 9.57 Å². The molecule has 0 aromatic carbocycles. The van der Waals surface area contributed by atoms with Gasteiger partial charge in [-0.3, -0.25) is 4.90 Å². The van der Waals surface area contributed by atoms with E-state index in [-0.39, 0.29) is 6.23 Å². The lowest BCUT2D eigenvalue weighted by atomic mass is 10.1. The first kappa shape index (κ1) is 24.1. The van der Waals surface area contributed by atoms with Crippen molar-refractivity contribution in [3.63, 3.8) is 0 Å². The Morgan fingerprint density at radius 3 is 1.96 bits per heavy atom. The second-order valence-corrected chi connectivity index (χ2v) is 6.72. The third-order valence-corrected chi connectivity index (χ3v) is 4.33. The molecule has 2 unspecified atom stereocenters. The Morgan fingerprint density at radius 2 is 1.48 bits per heavy atom. The molecule has 0 aromatic heterocycles. The smallest absolute Gasteiger partial charge is 0.294 e. The monoisotopic (exact) mass is 360 g/mol. The molecule has 0 spiro atoms. The maximum absolute atomic E-state index is 11.0. The Hall–Kier alpha value is -0.880. The van der Waals surface area contributed by atoms with Gasteiger partial charge >= 0.3 is 0 Å². The Balaban J connectivity index is 5.08. The van der Waals surface area contributed by atoms with Crippen molar-refractivity contribution in [3.8, 4) is 0 Å². The summed E-state index contributed by atoms with van der Waals surface area (Å²) in [5.74, 6) is 0. The second kappa shape index (κ2) is 16.6. The van der Waals surface area contributed by atoms with Gasteiger partial charge in [0.1, 0.15) is 12.3 Å². The highest BCUT2D eigenvalue weighted by Gasteiger charge is 2.30. The van der Waals surface area contributed by atoms with Crippen molar-refractivity contribution >= 4 is 0 Å². The molecule has 0 aromatic rings. The molecule has 0 heterocycles. The number of nitrogens with zero attached hydrogens (tertiary/aromatic N) is 2. The van der Waals surface area contributed by atoms with Crippen LogP contribution in [0.25, 0.3) is 0 Å². The molecular weight excluding hydrogens is 320 g/mol. The summed E-state index contributed by atoms with van der Waals surface area (Å²) in [4.78, 5) is 18.4. The molecule has 0 amide bonds. The maximum atomic E-state index is 11.0. The zero-order valence-electron chi connectivity index (χ0n) is 16.9. The van der Waals surface area contributed by atoms with Crippen molar-refractivity contribution in [3.05, 3.63) is 10.1 Å². The van der Waals surface area contributed by atoms with Crippen LogP contribution in [0.2, 0.25) is 0 Å². The lowest BCUT2D eigenvalue weighted by molar-refractivity contribution is -0.772. The molecule has 0 fully saturated rings. The van der Waals surface area contributed by atoms with Crippen LogP contribution in [0.3, 0.4) is 0 Å². The molecule has 6 heteroatoms. The number of hydrogen-bond acceptors (Lipinski definition) is 5. The lowest BCUT2D eigenvalue weighted by Crippen LogP contribution is -2.48.